The van der Waals surface area contributed by atoms with Gasteiger partial charge in [-0.25, -0.2) is 0 Å². The Morgan fingerprint density at radius 2 is 1.83 bits per heavy atom. The van der Waals surface area contributed by atoms with Crippen LogP contribution in [0.4, 0.5) is 0 Å². The number of carbonyl (C=O) groups is 1. The smallest absolute Gasteiger partial charge is 0.222 e. The first kappa shape index (κ1) is 23.1. The summed E-state index contributed by atoms with van der Waals surface area (Å²) in [5, 5.41) is 12.6. The van der Waals surface area contributed by atoms with E-state index in [1.807, 2.05) is 23.1 Å². The van der Waals surface area contributed by atoms with Crippen molar-refractivity contribution >= 4 is 5.91 Å². The lowest BCUT2D eigenvalue weighted by Gasteiger charge is -2.61. The van der Waals surface area contributed by atoms with Crippen LogP contribution >= 0.6 is 0 Å². The number of likely N-dealkylation sites (tertiary alicyclic amines) is 2. The lowest BCUT2D eigenvalue weighted by atomic mass is 9.52. The number of piperidine rings is 1. The highest BCUT2D eigenvalue weighted by Gasteiger charge is 2.63. The van der Waals surface area contributed by atoms with Gasteiger partial charge in [-0.15, -0.1) is 0 Å². The fourth-order valence-corrected chi connectivity index (χ4v) is 7.29. The molecule has 0 radical (unpaired) electrons. The monoisotopic (exact) mass is 474 g/mol. The highest BCUT2D eigenvalue weighted by Crippen LogP contribution is 2.56. The van der Waals surface area contributed by atoms with Crippen molar-refractivity contribution in [1.29, 1.82) is 0 Å². The van der Waals surface area contributed by atoms with E-state index in [9.17, 15) is 9.90 Å². The number of rotatable bonds is 6. The second-order valence-corrected chi connectivity index (χ2v) is 11.3. The summed E-state index contributed by atoms with van der Waals surface area (Å²) in [5.74, 6) is 1.87. The normalized spacial score (nSPS) is 30.2. The molecule has 0 spiro atoms. The third-order valence-electron chi connectivity index (χ3n) is 9.48. The molecule has 5 heteroatoms. The Hall–Kier alpha value is -2.37. The molecule has 35 heavy (non-hydrogen) atoms. The van der Waals surface area contributed by atoms with E-state index in [2.05, 4.69) is 35.2 Å². The van der Waals surface area contributed by atoms with Gasteiger partial charge in [-0.1, -0.05) is 36.4 Å². The van der Waals surface area contributed by atoms with Crippen molar-refractivity contribution in [3.8, 4) is 5.75 Å². The molecule has 0 aromatic heterocycles. The Labute approximate surface area is 209 Å². The number of hydrogen-bond acceptors (Lipinski definition) is 4. The summed E-state index contributed by atoms with van der Waals surface area (Å²) in [5.41, 5.74) is 2.67. The van der Waals surface area contributed by atoms with Crippen LogP contribution in [-0.2, 0) is 23.1 Å². The number of aliphatic hydroxyl groups is 1. The predicted molar refractivity (Wildman–Crippen MR) is 137 cm³/mol. The molecule has 2 saturated heterocycles. The van der Waals surface area contributed by atoms with Crippen LogP contribution in [0.3, 0.4) is 0 Å². The fraction of sp³-hybridized carbons (Fsp3) is 0.567. The largest absolute Gasteiger partial charge is 0.497 e. The van der Waals surface area contributed by atoms with Gasteiger partial charge in [-0.3, -0.25) is 9.69 Å². The molecule has 5 nitrogen and oxygen atoms in total. The summed E-state index contributed by atoms with van der Waals surface area (Å²) in [6.45, 7) is 3.48. The maximum Gasteiger partial charge on any atom is 0.222 e. The quantitative estimate of drug-likeness (QED) is 0.689. The molecule has 0 unspecified atom stereocenters. The van der Waals surface area contributed by atoms with Crippen molar-refractivity contribution in [2.24, 2.45) is 5.92 Å². The van der Waals surface area contributed by atoms with Crippen molar-refractivity contribution in [2.45, 2.75) is 68.4 Å². The molecule has 3 fully saturated rings. The van der Waals surface area contributed by atoms with Gasteiger partial charge in [0, 0.05) is 37.5 Å². The zero-order chi connectivity index (χ0) is 24.0. The molecular formula is C30H38N2O3. The zero-order valence-corrected chi connectivity index (χ0v) is 20.9. The minimum absolute atomic E-state index is 0.122. The number of fused-ring (bicyclic) bond motifs is 1. The Morgan fingerprint density at radius 3 is 2.60 bits per heavy atom. The number of benzene rings is 2. The van der Waals surface area contributed by atoms with Crippen LogP contribution in [-0.4, -0.2) is 65.7 Å². The van der Waals surface area contributed by atoms with Crippen LogP contribution in [0.2, 0.25) is 0 Å². The van der Waals surface area contributed by atoms with Crippen LogP contribution in [0, 0.1) is 5.92 Å². The second kappa shape index (κ2) is 8.94. The van der Waals surface area contributed by atoms with Gasteiger partial charge in [0.05, 0.1) is 12.7 Å². The molecule has 2 aliphatic heterocycles. The Kier molecular flexibility index (Phi) is 5.89. The molecule has 1 amide bonds. The molecule has 3 atom stereocenters. The zero-order valence-electron chi connectivity index (χ0n) is 20.9. The summed E-state index contributed by atoms with van der Waals surface area (Å²) in [6, 6.07) is 16.8. The molecule has 6 rings (SSSR count). The number of aryl methyl sites for hydroxylation is 1. The van der Waals surface area contributed by atoms with E-state index >= 15 is 0 Å². The topological polar surface area (TPSA) is 53.0 Å². The first-order chi connectivity index (χ1) is 17.0. The lowest BCUT2D eigenvalue weighted by Crippen LogP contribution is -2.71. The Morgan fingerprint density at radius 1 is 1.06 bits per heavy atom. The van der Waals surface area contributed by atoms with Crippen LogP contribution in [0.1, 0.15) is 55.2 Å². The van der Waals surface area contributed by atoms with E-state index in [0.717, 1.165) is 50.4 Å². The minimum Gasteiger partial charge on any atom is -0.497 e. The average molecular weight is 475 g/mol. The van der Waals surface area contributed by atoms with E-state index in [1.54, 1.807) is 7.11 Å². The summed E-state index contributed by atoms with van der Waals surface area (Å²) in [7, 11) is 1.72. The lowest BCUT2D eigenvalue weighted by molar-refractivity contribution is -0.149. The number of nitrogens with zero attached hydrogens (tertiary/aromatic N) is 2. The molecule has 186 valence electrons. The summed E-state index contributed by atoms with van der Waals surface area (Å²) < 4.78 is 5.62. The Balaban J connectivity index is 1.30. The third kappa shape index (κ3) is 3.97. The molecular weight excluding hydrogens is 436 g/mol. The van der Waals surface area contributed by atoms with Gasteiger partial charge >= 0.3 is 0 Å². The van der Waals surface area contributed by atoms with Crippen molar-refractivity contribution in [3.05, 3.63) is 65.2 Å². The van der Waals surface area contributed by atoms with Crippen molar-refractivity contribution in [1.82, 2.24) is 9.80 Å². The first-order valence-corrected chi connectivity index (χ1v) is 13.5. The van der Waals surface area contributed by atoms with Gasteiger partial charge in [-0.05, 0) is 86.2 Å². The molecule has 1 N–H and O–H groups in total. The van der Waals surface area contributed by atoms with E-state index in [-0.39, 0.29) is 17.4 Å². The maximum absolute atomic E-state index is 13.3. The summed E-state index contributed by atoms with van der Waals surface area (Å²) >= 11 is 0. The summed E-state index contributed by atoms with van der Waals surface area (Å²) in [4.78, 5) is 17.9. The van der Waals surface area contributed by atoms with E-state index < -0.39 is 5.60 Å². The van der Waals surface area contributed by atoms with Gasteiger partial charge in [0.2, 0.25) is 5.91 Å². The number of hydrogen-bond donors (Lipinski definition) is 1. The van der Waals surface area contributed by atoms with Gasteiger partial charge in [0.25, 0.3) is 0 Å². The summed E-state index contributed by atoms with van der Waals surface area (Å²) in [6.07, 6.45) is 7.22. The molecule has 1 saturated carbocycles. The van der Waals surface area contributed by atoms with Crippen LogP contribution in [0.15, 0.2) is 48.5 Å². The number of methoxy groups -OCH3 is 1. The van der Waals surface area contributed by atoms with Gasteiger partial charge in [0.15, 0.2) is 0 Å². The third-order valence-corrected chi connectivity index (χ3v) is 9.48. The molecule has 2 aromatic rings. The SMILES string of the molecule is COc1ccc2c(c1)[C@@]13CCN(C(=O)CCc4ccccc4)CC[C@@]1(O)[C@@H](C2)N(CC1CC1)CC3. The highest BCUT2D eigenvalue weighted by atomic mass is 16.5. The van der Waals surface area contributed by atoms with Gasteiger partial charge in [0.1, 0.15) is 5.75 Å². The fourth-order valence-electron chi connectivity index (χ4n) is 7.29. The molecule has 2 aromatic carbocycles. The standard InChI is InChI=1S/C30H38N2O3/c1-35-25-11-10-24-19-27-30(34)15-18-31(28(33)12-9-22-5-3-2-4-6-22)16-13-29(30,26(24)20-25)14-17-32(27)21-23-7-8-23/h2-6,10-11,20,23,27,34H,7-9,12-19,21H2,1H3/t27-,29+,30-/m1/s1. The minimum atomic E-state index is -0.825. The van der Waals surface area contributed by atoms with Gasteiger partial charge < -0.3 is 14.7 Å². The maximum atomic E-state index is 13.3. The van der Waals surface area contributed by atoms with Crippen molar-refractivity contribution < 1.29 is 14.6 Å². The average Bonchev–Trinajstić information content (AvgIpc) is 3.71. The molecule has 2 bridgehead atoms. The van der Waals surface area contributed by atoms with E-state index in [0.29, 0.717) is 25.9 Å². The molecule has 4 aliphatic rings. The predicted octanol–water partition coefficient (Wildman–Crippen LogP) is 3.96. The van der Waals surface area contributed by atoms with E-state index in [1.165, 1.54) is 29.5 Å². The van der Waals surface area contributed by atoms with Crippen molar-refractivity contribution in [3.63, 3.8) is 0 Å². The van der Waals surface area contributed by atoms with Crippen molar-refractivity contribution in [2.75, 3.05) is 33.3 Å². The second-order valence-electron chi connectivity index (χ2n) is 11.3. The highest BCUT2D eigenvalue weighted by molar-refractivity contribution is 5.76. The van der Waals surface area contributed by atoms with E-state index in [4.69, 9.17) is 4.74 Å². The number of carbonyl (C=O) groups excluding carboxylic acids is 1. The van der Waals surface area contributed by atoms with Crippen LogP contribution in [0.5, 0.6) is 5.75 Å². The van der Waals surface area contributed by atoms with Crippen LogP contribution < -0.4 is 4.74 Å². The molecule has 2 aliphatic carbocycles. The number of ether oxygens (including phenoxy) is 1. The van der Waals surface area contributed by atoms with Gasteiger partial charge in [-0.2, -0.15) is 0 Å². The first-order valence-electron chi connectivity index (χ1n) is 13.5. The Bertz CT molecular complexity index is 1080. The molecule has 2 heterocycles. The number of amides is 1. The van der Waals surface area contributed by atoms with Crippen LogP contribution in [0.25, 0.3) is 0 Å².